The zero-order valence-electron chi connectivity index (χ0n) is 21.3. The fourth-order valence-electron chi connectivity index (χ4n) is 4.37. The van der Waals surface area contributed by atoms with E-state index in [0.29, 0.717) is 21.9 Å². The first-order chi connectivity index (χ1) is 18.5. The van der Waals surface area contributed by atoms with E-state index in [1.807, 2.05) is 78.5 Å². The third-order valence-electron chi connectivity index (χ3n) is 6.30. The molecule has 38 heavy (non-hydrogen) atoms. The van der Waals surface area contributed by atoms with Gasteiger partial charge in [0, 0.05) is 22.9 Å². The van der Waals surface area contributed by atoms with E-state index in [1.54, 1.807) is 0 Å². The number of rotatable bonds is 6. The maximum absolute atomic E-state index is 13.4. The first kappa shape index (κ1) is 23.8. The van der Waals surface area contributed by atoms with Crippen LogP contribution in [0.2, 0.25) is 0 Å². The van der Waals surface area contributed by atoms with Crippen molar-refractivity contribution in [1.29, 1.82) is 0 Å². The molecule has 0 amide bonds. The van der Waals surface area contributed by atoms with Crippen molar-refractivity contribution in [3.05, 3.63) is 111 Å². The summed E-state index contributed by atoms with van der Waals surface area (Å²) in [5, 5.41) is 9.44. The number of aryl methyl sites for hydroxylation is 2. The van der Waals surface area contributed by atoms with Crippen LogP contribution in [0, 0.1) is 13.8 Å². The number of nitrogens with zero attached hydrogens (tertiary/aromatic N) is 5. The molecule has 3 aromatic heterocycles. The van der Waals surface area contributed by atoms with Gasteiger partial charge < -0.3 is 4.74 Å². The van der Waals surface area contributed by atoms with Gasteiger partial charge in [0.15, 0.2) is 5.82 Å². The van der Waals surface area contributed by atoms with Crippen molar-refractivity contribution in [3.63, 3.8) is 0 Å². The Labute approximate surface area is 223 Å². The standard InChI is InChI=1S/C30H25N5O2S/c1-4-37-24-14-12-21(13-15-24)28-31-30-35(33-28)29(36)26(38-30)17-22-18-34(23-8-6-5-7-9-23)32-27(22)25-16-19(2)10-11-20(25)3/h5-18H,4H2,1-3H3. The van der Waals surface area contributed by atoms with Gasteiger partial charge in [-0.2, -0.15) is 14.6 Å². The first-order valence-electron chi connectivity index (χ1n) is 12.4. The summed E-state index contributed by atoms with van der Waals surface area (Å²) in [6.07, 6.45) is 3.86. The Kier molecular flexibility index (Phi) is 6.09. The summed E-state index contributed by atoms with van der Waals surface area (Å²) < 4.78 is 9.30. The van der Waals surface area contributed by atoms with Gasteiger partial charge in [0.05, 0.1) is 16.8 Å². The normalized spacial score (nSPS) is 11.9. The quantitative estimate of drug-likeness (QED) is 0.301. The molecule has 3 heterocycles. The average molecular weight is 520 g/mol. The Bertz CT molecular complexity index is 1870. The van der Waals surface area contributed by atoms with Gasteiger partial charge >= 0.3 is 0 Å². The highest BCUT2D eigenvalue weighted by molar-refractivity contribution is 7.15. The zero-order chi connectivity index (χ0) is 26.2. The molecule has 188 valence electrons. The molecule has 0 aliphatic heterocycles. The van der Waals surface area contributed by atoms with Crippen LogP contribution in [0.5, 0.6) is 5.75 Å². The second-order valence-electron chi connectivity index (χ2n) is 9.03. The van der Waals surface area contributed by atoms with Crippen LogP contribution in [0.4, 0.5) is 0 Å². The van der Waals surface area contributed by atoms with Gasteiger partial charge in [-0.25, -0.2) is 4.68 Å². The highest BCUT2D eigenvalue weighted by Gasteiger charge is 2.16. The van der Waals surface area contributed by atoms with Crippen LogP contribution in [-0.4, -0.2) is 31.0 Å². The number of benzene rings is 3. The third kappa shape index (κ3) is 4.39. The summed E-state index contributed by atoms with van der Waals surface area (Å²) in [4.78, 5) is 18.5. The molecule has 0 saturated heterocycles. The highest BCUT2D eigenvalue weighted by atomic mass is 32.1. The van der Waals surface area contributed by atoms with Crippen molar-refractivity contribution in [2.75, 3.05) is 6.61 Å². The van der Waals surface area contributed by atoms with Crippen molar-refractivity contribution in [3.8, 4) is 34.1 Å². The van der Waals surface area contributed by atoms with Gasteiger partial charge in [-0.05, 0) is 74.9 Å². The summed E-state index contributed by atoms with van der Waals surface area (Å²) in [5.41, 5.74) is 6.56. The van der Waals surface area contributed by atoms with Gasteiger partial charge in [-0.15, -0.1) is 5.10 Å². The second kappa shape index (κ2) is 9.72. The number of aromatic nitrogens is 5. The minimum Gasteiger partial charge on any atom is -0.494 e. The van der Waals surface area contributed by atoms with Crippen LogP contribution in [0.15, 0.2) is 83.8 Å². The Hall–Kier alpha value is -4.56. The zero-order valence-corrected chi connectivity index (χ0v) is 22.1. The molecule has 0 unspecified atom stereocenters. The van der Waals surface area contributed by atoms with Crippen LogP contribution in [-0.2, 0) is 0 Å². The molecule has 7 nitrogen and oxygen atoms in total. The molecule has 8 heteroatoms. The lowest BCUT2D eigenvalue weighted by atomic mass is 10.0. The van der Waals surface area contributed by atoms with Crippen molar-refractivity contribution in [2.45, 2.75) is 20.8 Å². The van der Waals surface area contributed by atoms with E-state index >= 15 is 0 Å². The molecule has 0 aliphatic carbocycles. The molecule has 6 rings (SSSR count). The molecule has 0 aliphatic rings. The van der Waals surface area contributed by atoms with Gasteiger partial charge in [0.25, 0.3) is 5.56 Å². The molecule has 0 atom stereocenters. The summed E-state index contributed by atoms with van der Waals surface area (Å²) in [6.45, 7) is 6.69. The van der Waals surface area contributed by atoms with Gasteiger partial charge in [-0.3, -0.25) is 4.79 Å². The van der Waals surface area contributed by atoms with Crippen molar-refractivity contribution < 1.29 is 4.74 Å². The minimum absolute atomic E-state index is 0.200. The minimum atomic E-state index is -0.200. The third-order valence-corrected chi connectivity index (χ3v) is 7.26. The topological polar surface area (TPSA) is 74.3 Å². The molecule has 0 radical (unpaired) electrons. The van der Waals surface area contributed by atoms with E-state index in [-0.39, 0.29) is 5.56 Å². The summed E-state index contributed by atoms with van der Waals surface area (Å²) >= 11 is 1.32. The molecule has 0 saturated carbocycles. The lowest BCUT2D eigenvalue weighted by molar-refractivity contribution is 0.340. The predicted molar refractivity (Wildman–Crippen MR) is 151 cm³/mol. The van der Waals surface area contributed by atoms with Crippen molar-refractivity contribution in [1.82, 2.24) is 24.4 Å². The van der Waals surface area contributed by atoms with Crippen LogP contribution in [0.1, 0.15) is 23.6 Å². The van der Waals surface area contributed by atoms with Crippen LogP contribution in [0.3, 0.4) is 0 Å². The smallest absolute Gasteiger partial charge is 0.291 e. The Morgan fingerprint density at radius 1 is 0.974 bits per heavy atom. The molecule has 0 fully saturated rings. The number of fused-ring (bicyclic) bond motifs is 1. The van der Waals surface area contributed by atoms with E-state index in [2.05, 4.69) is 42.1 Å². The first-order valence-corrected chi connectivity index (χ1v) is 13.2. The lowest BCUT2D eigenvalue weighted by Crippen LogP contribution is -2.23. The Morgan fingerprint density at radius 3 is 2.50 bits per heavy atom. The van der Waals surface area contributed by atoms with E-state index in [9.17, 15) is 4.79 Å². The summed E-state index contributed by atoms with van der Waals surface area (Å²) in [6, 6.07) is 23.8. The van der Waals surface area contributed by atoms with Crippen LogP contribution in [0.25, 0.3) is 39.4 Å². The van der Waals surface area contributed by atoms with Gasteiger partial charge in [-0.1, -0.05) is 47.2 Å². The average Bonchev–Trinajstić information content (AvgIpc) is 3.62. The van der Waals surface area contributed by atoms with E-state index < -0.39 is 0 Å². The SMILES string of the molecule is CCOc1ccc(-c2nc3sc(=Cc4cn(-c5ccccc5)nc4-c4cc(C)ccc4C)c(=O)n3n2)cc1. The maximum Gasteiger partial charge on any atom is 0.291 e. The molecule has 3 aromatic carbocycles. The fourth-order valence-corrected chi connectivity index (χ4v) is 5.27. The van der Waals surface area contributed by atoms with Crippen LogP contribution >= 0.6 is 11.3 Å². The van der Waals surface area contributed by atoms with E-state index in [1.165, 1.54) is 15.9 Å². The van der Waals surface area contributed by atoms with Crippen molar-refractivity contribution in [2.24, 2.45) is 0 Å². The molecule has 0 N–H and O–H groups in total. The van der Waals surface area contributed by atoms with E-state index in [4.69, 9.17) is 9.84 Å². The summed E-state index contributed by atoms with van der Waals surface area (Å²) in [5.74, 6) is 1.30. The maximum atomic E-state index is 13.4. The number of hydrogen-bond acceptors (Lipinski definition) is 6. The van der Waals surface area contributed by atoms with Crippen LogP contribution < -0.4 is 14.8 Å². The molecule has 0 spiro atoms. The monoisotopic (exact) mass is 519 g/mol. The summed E-state index contributed by atoms with van der Waals surface area (Å²) in [7, 11) is 0. The number of hydrogen-bond donors (Lipinski definition) is 0. The molecule has 6 aromatic rings. The number of thiazole rings is 1. The lowest BCUT2D eigenvalue weighted by Gasteiger charge is -2.05. The van der Waals surface area contributed by atoms with Gasteiger partial charge in [0.1, 0.15) is 11.4 Å². The number of para-hydroxylation sites is 1. The Morgan fingerprint density at radius 2 is 1.76 bits per heavy atom. The fraction of sp³-hybridized carbons (Fsp3) is 0.133. The second-order valence-corrected chi connectivity index (χ2v) is 10.0. The molecular formula is C30H25N5O2S. The van der Waals surface area contributed by atoms with Gasteiger partial charge in [0.2, 0.25) is 4.96 Å². The Balaban J connectivity index is 1.46. The largest absolute Gasteiger partial charge is 0.494 e. The predicted octanol–water partition coefficient (Wildman–Crippen LogP) is 5.23. The molecule has 0 bridgehead atoms. The van der Waals surface area contributed by atoms with Crippen molar-refractivity contribution >= 4 is 22.4 Å². The number of ether oxygens (including phenoxy) is 1. The van der Waals surface area contributed by atoms with E-state index in [0.717, 1.165) is 44.9 Å². The highest BCUT2D eigenvalue weighted by Crippen LogP contribution is 2.28. The molecular weight excluding hydrogens is 494 g/mol.